The first-order valence-corrected chi connectivity index (χ1v) is 11.1. The van der Waals surface area contributed by atoms with Crippen molar-refractivity contribution in [3.63, 3.8) is 0 Å². The minimum absolute atomic E-state index is 0.761. The fourth-order valence-electron chi connectivity index (χ4n) is 4.29. The number of hydrogen-bond donors (Lipinski definition) is 1. The summed E-state index contributed by atoms with van der Waals surface area (Å²) in [5, 5.41) is 0. The molecule has 1 aliphatic rings. The van der Waals surface area contributed by atoms with E-state index < -0.39 is 0 Å². The third-order valence-corrected chi connectivity index (χ3v) is 6.27. The normalized spacial score (nSPS) is 15.5. The molecule has 5 heteroatoms. The van der Waals surface area contributed by atoms with E-state index in [2.05, 4.69) is 88.3 Å². The van der Waals surface area contributed by atoms with Crippen molar-refractivity contribution in [2.45, 2.75) is 19.9 Å². The molecule has 1 saturated heterocycles. The van der Waals surface area contributed by atoms with E-state index in [1.807, 2.05) is 6.20 Å². The minimum Gasteiger partial charge on any atom is -0.336 e. The molecular weight excluding hydrogens is 382 g/mol. The molecule has 1 N–H and O–H groups in total. The molecule has 2 aromatic heterocycles. The Bertz CT molecular complexity index is 1170. The molecule has 0 spiro atoms. The summed E-state index contributed by atoms with van der Waals surface area (Å²) in [7, 11) is 2.19. The van der Waals surface area contributed by atoms with Gasteiger partial charge in [-0.2, -0.15) is 0 Å². The highest BCUT2D eigenvalue weighted by Gasteiger charge is 2.15. The molecule has 158 valence electrons. The van der Waals surface area contributed by atoms with Crippen LogP contribution in [0.25, 0.3) is 33.7 Å². The molecule has 4 aromatic rings. The lowest BCUT2D eigenvalue weighted by Crippen LogP contribution is -2.43. The van der Waals surface area contributed by atoms with E-state index in [1.165, 1.54) is 16.7 Å². The maximum absolute atomic E-state index is 4.81. The van der Waals surface area contributed by atoms with Crippen molar-refractivity contribution in [3.8, 4) is 22.5 Å². The molecule has 1 aliphatic heterocycles. The van der Waals surface area contributed by atoms with E-state index in [4.69, 9.17) is 4.98 Å². The summed E-state index contributed by atoms with van der Waals surface area (Å²) in [6, 6.07) is 19.5. The maximum atomic E-state index is 4.81. The SMILES string of the molecule is CCc1ccc(-c2ccnc3nc(-c4cccc(CN5CCN(C)CC5)c4)[nH]c23)cc1. The Kier molecular flexibility index (Phi) is 5.53. The number of imidazole rings is 1. The zero-order chi connectivity index (χ0) is 21.2. The van der Waals surface area contributed by atoms with Crippen LogP contribution in [0.15, 0.2) is 60.8 Å². The number of pyridine rings is 1. The van der Waals surface area contributed by atoms with Gasteiger partial charge >= 0.3 is 0 Å². The molecule has 0 amide bonds. The van der Waals surface area contributed by atoms with Crippen LogP contribution in [0.4, 0.5) is 0 Å². The van der Waals surface area contributed by atoms with Crippen LogP contribution >= 0.6 is 0 Å². The van der Waals surface area contributed by atoms with E-state index in [1.54, 1.807) is 0 Å². The minimum atomic E-state index is 0.761. The number of fused-ring (bicyclic) bond motifs is 1. The molecular formula is C26H29N5. The second-order valence-corrected chi connectivity index (χ2v) is 8.47. The molecule has 0 bridgehead atoms. The average molecular weight is 412 g/mol. The second-order valence-electron chi connectivity index (χ2n) is 8.47. The van der Waals surface area contributed by atoms with Crippen molar-refractivity contribution in [1.29, 1.82) is 0 Å². The highest BCUT2D eigenvalue weighted by atomic mass is 15.2. The fourth-order valence-corrected chi connectivity index (χ4v) is 4.29. The number of hydrogen-bond acceptors (Lipinski definition) is 4. The molecule has 3 heterocycles. The van der Waals surface area contributed by atoms with Crippen molar-refractivity contribution in [1.82, 2.24) is 24.8 Å². The number of likely N-dealkylation sites (N-methyl/N-ethyl adjacent to an activating group) is 1. The van der Waals surface area contributed by atoms with E-state index in [0.29, 0.717) is 0 Å². The first-order valence-electron chi connectivity index (χ1n) is 11.1. The Morgan fingerprint density at radius 2 is 1.71 bits per heavy atom. The Hall–Kier alpha value is -3.02. The molecule has 1 fully saturated rings. The summed E-state index contributed by atoms with van der Waals surface area (Å²) in [6.07, 6.45) is 2.89. The van der Waals surface area contributed by atoms with Crippen LogP contribution in [0.1, 0.15) is 18.1 Å². The maximum Gasteiger partial charge on any atom is 0.178 e. The van der Waals surface area contributed by atoms with Gasteiger partial charge in [0.1, 0.15) is 5.82 Å². The third kappa shape index (κ3) is 4.24. The van der Waals surface area contributed by atoms with Crippen LogP contribution in [-0.4, -0.2) is 58.0 Å². The zero-order valence-corrected chi connectivity index (χ0v) is 18.3. The molecule has 0 aliphatic carbocycles. The van der Waals surface area contributed by atoms with Crippen molar-refractivity contribution >= 4 is 11.2 Å². The van der Waals surface area contributed by atoms with Crippen LogP contribution in [-0.2, 0) is 13.0 Å². The summed E-state index contributed by atoms with van der Waals surface area (Å²) in [4.78, 5) is 17.8. The zero-order valence-electron chi connectivity index (χ0n) is 18.3. The molecule has 31 heavy (non-hydrogen) atoms. The van der Waals surface area contributed by atoms with Gasteiger partial charge in [-0.15, -0.1) is 0 Å². The monoisotopic (exact) mass is 411 g/mol. The Morgan fingerprint density at radius 3 is 2.48 bits per heavy atom. The first-order chi connectivity index (χ1) is 15.2. The highest BCUT2D eigenvalue weighted by Crippen LogP contribution is 2.29. The summed E-state index contributed by atoms with van der Waals surface area (Å²) in [5.74, 6) is 0.875. The number of nitrogens with one attached hydrogen (secondary N) is 1. The highest BCUT2D eigenvalue weighted by molar-refractivity contribution is 5.91. The van der Waals surface area contributed by atoms with Crippen molar-refractivity contribution < 1.29 is 0 Å². The lowest BCUT2D eigenvalue weighted by Gasteiger charge is -2.32. The summed E-state index contributed by atoms with van der Waals surface area (Å²) < 4.78 is 0. The predicted octanol–water partition coefficient (Wildman–Crippen LogP) is 4.60. The van der Waals surface area contributed by atoms with Crippen LogP contribution < -0.4 is 0 Å². The molecule has 0 radical (unpaired) electrons. The van der Waals surface area contributed by atoms with Gasteiger partial charge < -0.3 is 9.88 Å². The van der Waals surface area contributed by atoms with Gasteiger partial charge in [0, 0.05) is 50.0 Å². The summed E-state index contributed by atoms with van der Waals surface area (Å²) in [6.45, 7) is 7.67. The molecule has 2 aromatic carbocycles. The van der Waals surface area contributed by atoms with Crippen molar-refractivity contribution in [3.05, 3.63) is 71.9 Å². The Balaban J connectivity index is 1.44. The van der Waals surface area contributed by atoms with E-state index >= 15 is 0 Å². The smallest absolute Gasteiger partial charge is 0.178 e. The van der Waals surface area contributed by atoms with Crippen molar-refractivity contribution in [2.24, 2.45) is 0 Å². The quantitative estimate of drug-likeness (QED) is 0.521. The summed E-state index contributed by atoms with van der Waals surface area (Å²) in [5.41, 5.74) is 7.85. The van der Waals surface area contributed by atoms with Gasteiger partial charge in [0.05, 0.1) is 5.52 Å². The topological polar surface area (TPSA) is 48.1 Å². The largest absolute Gasteiger partial charge is 0.336 e. The van der Waals surface area contributed by atoms with Gasteiger partial charge in [-0.3, -0.25) is 4.90 Å². The number of aromatic amines is 1. The van der Waals surface area contributed by atoms with Crippen LogP contribution in [0.5, 0.6) is 0 Å². The number of aryl methyl sites for hydroxylation is 1. The number of piperazine rings is 1. The number of benzene rings is 2. The standard InChI is InChI=1S/C26H29N5/c1-3-19-7-9-21(10-8-19)23-11-12-27-26-24(23)28-25(29-26)22-6-4-5-20(17-22)18-31-15-13-30(2)14-16-31/h4-12,17H,3,13-16,18H2,1-2H3,(H,27,28,29). The molecule has 5 rings (SSSR count). The van der Waals surface area contributed by atoms with Crippen LogP contribution in [0, 0.1) is 0 Å². The number of rotatable bonds is 5. The van der Waals surface area contributed by atoms with Gasteiger partial charge in [0.2, 0.25) is 0 Å². The number of nitrogens with zero attached hydrogens (tertiary/aromatic N) is 4. The average Bonchev–Trinajstić information content (AvgIpc) is 3.26. The first kappa shape index (κ1) is 19.9. The fraction of sp³-hybridized carbons (Fsp3) is 0.308. The Morgan fingerprint density at radius 1 is 0.903 bits per heavy atom. The Labute approximate surface area is 183 Å². The van der Waals surface area contributed by atoms with Crippen molar-refractivity contribution in [2.75, 3.05) is 33.2 Å². The van der Waals surface area contributed by atoms with Crippen LogP contribution in [0.2, 0.25) is 0 Å². The number of aromatic nitrogens is 3. The van der Waals surface area contributed by atoms with Gasteiger partial charge in [-0.25, -0.2) is 9.97 Å². The van der Waals surface area contributed by atoms with Gasteiger partial charge in [-0.05, 0) is 42.3 Å². The van der Waals surface area contributed by atoms with Crippen LogP contribution in [0.3, 0.4) is 0 Å². The van der Waals surface area contributed by atoms with Gasteiger partial charge in [0.25, 0.3) is 0 Å². The lowest BCUT2D eigenvalue weighted by atomic mass is 10.0. The molecule has 0 saturated carbocycles. The second kappa shape index (κ2) is 8.61. The summed E-state index contributed by atoms with van der Waals surface area (Å²) >= 11 is 0. The molecule has 5 nitrogen and oxygen atoms in total. The van der Waals surface area contributed by atoms with Gasteiger partial charge in [0.15, 0.2) is 5.65 Å². The van der Waals surface area contributed by atoms with E-state index in [9.17, 15) is 0 Å². The lowest BCUT2D eigenvalue weighted by molar-refractivity contribution is 0.148. The van der Waals surface area contributed by atoms with Gasteiger partial charge in [-0.1, -0.05) is 49.4 Å². The predicted molar refractivity (Wildman–Crippen MR) is 127 cm³/mol. The third-order valence-electron chi connectivity index (χ3n) is 6.27. The van der Waals surface area contributed by atoms with E-state index in [-0.39, 0.29) is 0 Å². The molecule has 0 atom stereocenters. The molecule has 0 unspecified atom stereocenters. The number of H-pyrrole nitrogens is 1. The van der Waals surface area contributed by atoms with E-state index in [0.717, 1.165) is 67.3 Å².